The van der Waals surface area contributed by atoms with E-state index in [0.29, 0.717) is 28.0 Å². The molecule has 3 aromatic rings. The maximum absolute atomic E-state index is 12.7. The molecule has 3 rings (SSSR count). The van der Waals surface area contributed by atoms with Crippen molar-refractivity contribution in [3.05, 3.63) is 65.0 Å². The van der Waals surface area contributed by atoms with Crippen LogP contribution in [-0.2, 0) is 7.05 Å². The molecule has 0 aliphatic heterocycles. The van der Waals surface area contributed by atoms with E-state index < -0.39 is 6.04 Å². The van der Waals surface area contributed by atoms with Crippen LogP contribution in [0.5, 0.6) is 11.5 Å². The van der Waals surface area contributed by atoms with Gasteiger partial charge in [0.2, 0.25) is 0 Å². The number of carbonyl (C=O) groups is 1. The van der Waals surface area contributed by atoms with Gasteiger partial charge in [-0.3, -0.25) is 4.79 Å². The van der Waals surface area contributed by atoms with Crippen LogP contribution >= 0.6 is 11.6 Å². The number of amides is 1. The molecule has 2 aromatic heterocycles. The number of hydrogen-bond acceptors (Lipinski definition) is 4. The summed E-state index contributed by atoms with van der Waals surface area (Å²) in [5.41, 5.74) is 1.14. The molecule has 136 valence electrons. The van der Waals surface area contributed by atoms with Crippen molar-refractivity contribution in [2.24, 2.45) is 7.05 Å². The van der Waals surface area contributed by atoms with Crippen LogP contribution in [-0.4, -0.2) is 34.7 Å². The van der Waals surface area contributed by atoms with Gasteiger partial charge >= 0.3 is 0 Å². The number of methoxy groups -OCH3 is 2. The van der Waals surface area contributed by atoms with Gasteiger partial charge in [0.15, 0.2) is 0 Å². The zero-order chi connectivity index (χ0) is 18.7. The third-order valence-corrected chi connectivity index (χ3v) is 4.21. The number of imidazole rings is 1. The highest BCUT2D eigenvalue weighted by atomic mass is 35.5. The van der Waals surface area contributed by atoms with Crippen LogP contribution in [0.15, 0.2) is 42.9 Å². The summed E-state index contributed by atoms with van der Waals surface area (Å²) < 4.78 is 12.5. The first-order valence-corrected chi connectivity index (χ1v) is 8.24. The minimum absolute atomic E-state index is 0.299. The minimum atomic E-state index is -0.506. The molecular weight excluding hydrogens is 356 g/mol. The first-order valence-electron chi connectivity index (χ1n) is 7.86. The molecule has 0 saturated carbocycles. The van der Waals surface area contributed by atoms with Gasteiger partial charge in [-0.2, -0.15) is 0 Å². The van der Waals surface area contributed by atoms with Gasteiger partial charge in [0.1, 0.15) is 29.1 Å². The molecule has 1 atom stereocenters. The van der Waals surface area contributed by atoms with E-state index in [2.05, 4.69) is 15.3 Å². The van der Waals surface area contributed by atoms with Crippen LogP contribution in [0.25, 0.3) is 0 Å². The van der Waals surface area contributed by atoms with Crippen LogP contribution in [0.2, 0.25) is 5.02 Å². The molecule has 0 spiro atoms. The van der Waals surface area contributed by atoms with Crippen molar-refractivity contribution in [3.63, 3.8) is 0 Å². The van der Waals surface area contributed by atoms with Crippen LogP contribution < -0.4 is 14.8 Å². The van der Waals surface area contributed by atoms with Crippen molar-refractivity contribution in [2.75, 3.05) is 14.2 Å². The number of nitrogens with zero attached hydrogens (tertiary/aromatic N) is 2. The van der Waals surface area contributed by atoms with Crippen molar-refractivity contribution in [3.8, 4) is 11.5 Å². The molecule has 1 amide bonds. The third kappa shape index (κ3) is 3.67. The summed E-state index contributed by atoms with van der Waals surface area (Å²) in [6.45, 7) is 0. The highest BCUT2D eigenvalue weighted by Gasteiger charge is 2.23. The molecule has 0 bridgehead atoms. The van der Waals surface area contributed by atoms with Crippen molar-refractivity contribution in [1.82, 2.24) is 19.9 Å². The van der Waals surface area contributed by atoms with Crippen molar-refractivity contribution >= 4 is 17.5 Å². The van der Waals surface area contributed by atoms with Gasteiger partial charge in [-0.15, -0.1) is 0 Å². The smallest absolute Gasteiger partial charge is 0.268 e. The molecule has 1 unspecified atom stereocenters. The lowest BCUT2D eigenvalue weighted by Crippen LogP contribution is -2.31. The second-order valence-electron chi connectivity index (χ2n) is 5.68. The molecule has 1 aromatic carbocycles. The summed E-state index contributed by atoms with van der Waals surface area (Å²) in [6.07, 6.45) is 5.05. The number of aryl methyl sites for hydroxylation is 1. The van der Waals surface area contributed by atoms with E-state index in [-0.39, 0.29) is 5.91 Å². The Hall–Kier alpha value is -2.93. The average molecular weight is 375 g/mol. The molecule has 0 saturated heterocycles. The maximum Gasteiger partial charge on any atom is 0.268 e. The average Bonchev–Trinajstić information content (AvgIpc) is 3.27. The van der Waals surface area contributed by atoms with Crippen LogP contribution in [0.4, 0.5) is 0 Å². The molecule has 2 N–H and O–H groups in total. The monoisotopic (exact) mass is 374 g/mol. The predicted octanol–water partition coefficient (Wildman–Crippen LogP) is 2.94. The van der Waals surface area contributed by atoms with Crippen molar-refractivity contribution < 1.29 is 14.3 Å². The number of hydrogen-bond donors (Lipinski definition) is 2. The lowest BCUT2D eigenvalue weighted by molar-refractivity contribution is 0.0936. The van der Waals surface area contributed by atoms with E-state index in [1.807, 2.05) is 29.9 Å². The topological polar surface area (TPSA) is 81.2 Å². The number of rotatable bonds is 6. The van der Waals surface area contributed by atoms with E-state index in [9.17, 15) is 4.79 Å². The van der Waals surface area contributed by atoms with E-state index >= 15 is 0 Å². The highest BCUT2D eigenvalue weighted by Crippen LogP contribution is 2.29. The zero-order valence-electron chi connectivity index (χ0n) is 14.6. The lowest BCUT2D eigenvalue weighted by Gasteiger charge is -2.20. The van der Waals surface area contributed by atoms with Crippen LogP contribution in [0, 0.1) is 0 Å². The van der Waals surface area contributed by atoms with Gasteiger partial charge in [-0.25, -0.2) is 4.98 Å². The van der Waals surface area contributed by atoms with Gasteiger partial charge in [-0.1, -0.05) is 11.6 Å². The van der Waals surface area contributed by atoms with Gasteiger partial charge in [0, 0.05) is 31.7 Å². The Balaban J connectivity index is 2.02. The summed E-state index contributed by atoms with van der Waals surface area (Å²) >= 11 is 5.90. The van der Waals surface area contributed by atoms with Gasteiger partial charge in [0.05, 0.1) is 19.2 Å². The van der Waals surface area contributed by atoms with Gasteiger partial charge in [0.25, 0.3) is 5.91 Å². The molecule has 0 aliphatic carbocycles. The Morgan fingerprint density at radius 1 is 1.23 bits per heavy atom. The highest BCUT2D eigenvalue weighted by molar-refractivity contribution is 6.30. The summed E-state index contributed by atoms with van der Waals surface area (Å²) in [4.78, 5) is 19.9. The molecule has 8 heteroatoms. The Morgan fingerprint density at radius 2 is 1.92 bits per heavy atom. The summed E-state index contributed by atoms with van der Waals surface area (Å²) in [5, 5.41) is 3.45. The second kappa shape index (κ2) is 7.53. The molecule has 26 heavy (non-hydrogen) atoms. The number of halogens is 1. The van der Waals surface area contributed by atoms with Gasteiger partial charge < -0.3 is 24.3 Å². The molecule has 7 nitrogen and oxygen atoms in total. The fourth-order valence-corrected chi connectivity index (χ4v) is 2.82. The Bertz CT molecular complexity index is 897. The number of nitrogens with one attached hydrogen (secondary N) is 2. The van der Waals surface area contributed by atoms with Gasteiger partial charge in [-0.05, 0) is 23.8 Å². The standard InChI is InChI=1S/C18H19ClN4O3/c1-23-5-4-20-17(23)16(22-18(24)15-8-12(19)10-21-15)11-6-13(25-2)9-14(7-11)26-3/h4-10,16,21H,1-3H3,(H,22,24). The van der Waals surface area contributed by atoms with E-state index in [4.69, 9.17) is 21.1 Å². The Labute approximate surface area is 155 Å². The van der Waals surface area contributed by atoms with E-state index in [0.717, 1.165) is 5.56 Å². The van der Waals surface area contributed by atoms with E-state index in [1.165, 1.54) is 0 Å². The van der Waals surface area contributed by atoms with Crippen LogP contribution in [0.3, 0.4) is 0 Å². The summed E-state index contributed by atoms with van der Waals surface area (Å²) in [6, 6.07) is 6.51. The number of H-pyrrole nitrogens is 1. The SMILES string of the molecule is COc1cc(OC)cc(C(NC(=O)c2cc(Cl)c[nH]2)c2nccn2C)c1. The number of carbonyl (C=O) groups excluding carboxylic acids is 1. The first-order chi connectivity index (χ1) is 12.5. The number of aromatic nitrogens is 3. The summed E-state index contributed by atoms with van der Waals surface area (Å²) in [7, 11) is 5.02. The number of benzene rings is 1. The molecule has 0 radical (unpaired) electrons. The predicted molar refractivity (Wildman–Crippen MR) is 97.9 cm³/mol. The first kappa shape index (κ1) is 17.9. The third-order valence-electron chi connectivity index (χ3n) is 3.99. The Morgan fingerprint density at radius 3 is 2.42 bits per heavy atom. The van der Waals surface area contributed by atoms with Crippen molar-refractivity contribution in [2.45, 2.75) is 6.04 Å². The molecular formula is C18H19ClN4O3. The molecule has 2 heterocycles. The lowest BCUT2D eigenvalue weighted by atomic mass is 10.0. The normalized spacial score (nSPS) is 11.8. The molecule has 0 aliphatic rings. The quantitative estimate of drug-likeness (QED) is 0.695. The minimum Gasteiger partial charge on any atom is -0.497 e. The number of aromatic amines is 1. The maximum atomic E-state index is 12.7. The Kier molecular flexibility index (Phi) is 5.18. The fourth-order valence-electron chi connectivity index (χ4n) is 2.66. The fraction of sp³-hybridized carbons (Fsp3) is 0.222. The van der Waals surface area contributed by atoms with Crippen molar-refractivity contribution in [1.29, 1.82) is 0 Å². The molecule has 0 fully saturated rings. The largest absolute Gasteiger partial charge is 0.497 e. The van der Waals surface area contributed by atoms with Crippen LogP contribution in [0.1, 0.15) is 27.9 Å². The number of ether oxygens (including phenoxy) is 2. The van der Waals surface area contributed by atoms with E-state index in [1.54, 1.807) is 38.7 Å². The summed E-state index contributed by atoms with van der Waals surface area (Å²) in [5.74, 6) is 1.62. The zero-order valence-corrected chi connectivity index (χ0v) is 15.4. The second-order valence-corrected chi connectivity index (χ2v) is 6.12.